The van der Waals surface area contributed by atoms with Gasteiger partial charge in [-0.1, -0.05) is 35.9 Å². The Morgan fingerprint density at radius 1 is 1.10 bits per heavy atom. The van der Waals surface area contributed by atoms with Crippen LogP contribution in [0.15, 0.2) is 47.4 Å². The molecule has 0 aromatic heterocycles. The molecule has 1 N–H and O–H groups in total. The maximum Gasteiger partial charge on any atom is 0.241 e. The van der Waals surface area contributed by atoms with Gasteiger partial charge in [0, 0.05) is 12.1 Å². The molecule has 112 valence electrons. The second-order valence-corrected chi connectivity index (χ2v) is 6.64. The van der Waals surface area contributed by atoms with E-state index in [1.807, 2.05) is 31.2 Å². The summed E-state index contributed by atoms with van der Waals surface area (Å²) in [7, 11) is -1.97. The first-order valence-electron chi connectivity index (χ1n) is 6.63. The van der Waals surface area contributed by atoms with Crippen molar-refractivity contribution in [1.82, 2.24) is 4.72 Å². The molecule has 0 bridgehead atoms. The lowest BCUT2D eigenvalue weighted by Crippen LogP contribution is -2.24. The molecular weight excluding hydrogens is 286 g/mol. The maximum absolute atomic E-state index is 12.4. The number of aryl methyl sites for hydroxylation is 2. The zero-order valence-electron chi connectivity index (χ0n) is 12.4. The van der Waals surface area contributed by atoms with Crippen LogP contribution in [0.3, 0.4) is 0 Å². The number of hydrogen-bond acceptors (Lipinski definition) is 3. The summed E-state index contributed by atoms with van der Waals surface area (Å²) in [5.74, 6) is 0.667. The van der Waals surface area contributed by atoms with Crippen molar-refractivity contribution in [1.29, 1.82) is 0 Å². The molecule has 0 radical (unpaired) electrons. The molecule has 0 spiro atoms. The van der Waals surface area contributed by atoms with Crippen molar-refractivity contribution in [2.24, 2.45) is 0 Å². The molecule has 0 saturated carbocycles. The molecular formula is C16H19NO3S. The lowest BCUT2D eigenvalue weighted by molar-refractivity contribution is 0.409. The molecule has 0 aliphatic heterocycles. The molecule has 0 aliphatic rings. The van der Waals surface area contributed by atoms with E-state index in [9.17, 15) is 8.42 Å². The molecule has 2 aromatic carbocycles. The van der Waals surface area contributed by atoms with Crippen molar-refractivity contribution >= 4 is 10.0 Å². The molecule has 0 saturated heterocycles. The molecule has 0 aliphatic carbocycles. The van der Waals surface area contributed by atoms with Crippen molar-refractivity contribution in [2.45, 2.75) is 25.3 Å². The molecule has 2 aromatic rings. The molecule has 0 heterocycles. The van der Waals surface area contributed by atoms with Gasteiger partial charge in [0.15, 0.2) is 0 Å². The fourth-order valence-corrected chi connectivity index (χ4v) is 3.43. The summed E-state index contributed by atoms with van der Waals surface area (Å²) in [5.41, 5.74) is 2.58. The van der Waals surface area contributed by atoms with Crippen LogP contribution in [0.1, 0.15) is 16.7 Å². The first-order valence-corrected chi connectivity index (χ1v) is 8.11. The smallest absolute Gasteiger partial charge is 0.241 e. The van der Waals surface area contributed by atoms with Gasteiger partial charge >= 0.3 is 0 Å². The fraction of sp³-hybridized carbons (Fsp3) is 0.250. The summed E-state index contributed by atoms with van der Waals surface area (Å²) in [5, 5.41) is 0. The minimum Gasteiger partial charge on any atom is -0.496 e. The monoisotopic (exact) mass is 305 g/mol. The number of ether oxygens (including phenoxy) is 1. The predicted octanol–water partition coefficient (Wildman–Crippen LogP) is 2.79. The van der Waals surface area contributed by atoms with Crippen LogP contribution in [0, 0.1) is 13.8 Å². The highest BCUT2D eigenvalue weighted by Crippen LogP contribution is 2.20. The number of sulfonamides is 1. The molecule has 0 unspecified atom stereocenters. The van der Waals surface area contributed by atoms with Gasteiger partial charge in [-0.05, 0) is 31.5 Å². The highest BCUT2D eigenvalue weighted by Gasteiger charge is 2.17. The van der Waals surface area contributed by atoms with E-state index < -0.39 is 10.0 Å². The number of methoxy groups -OCH3 is 1. The highest BCUT2D eigenvalue weighted by molar-refractivity contribution is 7.89. The number of benzene rings is 2. The summed E-state index contributed by atoms with van der Waals surface area (Å²) < 4.78 is 32.6. The van der Waals surface area contributed by atoms with E-state index in [0.717, 1.165) is 16.7 Å². The maximum atomic E-state index is 12.4. The quantitative estimate of drug-likeness (QED) is 0.924. The van der Waals surface area contributed by atoms with E-state index in [-0.39, 0.29) is 6.54 Å². The Kier molecular flexibility index (Phi) is 4.65. The van der Waals surface area contributed by atoms with E-state index in [1.165, 1.54) is 0 Å². The van der Waals surface area contributed by atoms with Gasteiger partial charge in [-0.25, -0.2) is 13.1 Å². The van der Waals surface area contributed by atoms with Gasteiger partial charge < -0.3 is 4.74 Å². The average Bonchev–Trinajstić information content (AvgIpc) is 2.45. The summed E-state index contributed by atoms with van der Waals surface area (Å²) >= 11 is 0. The zero-order valence-corrected chi connectivity index (χ0v) is 13.2. The van der Waals surface area contributed by atoms with Crippen molar-refractivity contribution in [3.8, 4) is 5.75 Å². The van der Waals surface area contributed by atoms with Crippen molar-refractivity contribution < 1.29 is 13.2 Å². The molecule has 4 nitrogen and oxygen atoms in total. The molecule has 0 atom stereocenters. The summed E-state index contributed by atoms with van der Waals surface area (Å²) in [6.45, 7) is 3.93. The SMILES string of the molecule is COc1ccccc1CNS(=O)(=O)c1ccc(C)cc1C. The second-order valence-electron chi connectivity index (χ2n) is 4.91. The van der Waals surface area contributed by atoms with E-state index >= 15 is 0 Å². The standard InChI is InChI=1S/C16H19NO3S/c1-12-8-9-16(13(2)10-12)21(18,19)17-11-14-6-4-5-7-15(14)20-3/h4-10,17H,11H2,1-3H3. The van der Waals surface area contributed by atoms with E-state index in [0.29, 0.717) is 10.6 Å². The average molecular weight is 305 g/mol. The lowest BCUT2D eigenvalue weighted by Gasteiger charge is -2.12. The Morgan fingerprint density at radius 3 is 2.48 bits per heavy atom. The number of para-hydroxylation sites is 1. The summed E-state index contributed by atoms with van der Waals surface area (Å²) in [6, 6.07) is 12.6. The summed E-state index contributed by atoms with van der Waals surface area (Å²) in [6.07, 6.45) is 0. The topological polar surface area (TPSA) is 55.4 Å². The molecule has 21 heavy (non-hydrogen) atoms. The van der Waals surface area contributed by atoms with E-state index in [2.05, 4.69) is 4.72 Å². The normalized spacial score (nSPS) is 11.4. The van der Waals surface area contributed by atoms with Crippen LogP contribution in [-0.2, 0) is 16.6 Å². The zero-order chi connectivity index (χ0) is 15.5. The number of rotatable bonds is 5. The van der Waals surface area contributed by atoms with Crippen LogP contribution in [0.5, 0.6) is 5.75 Å². The Balaban J connectivity index is 2.22. The van der Waals surface area contributed by atoms with E-state index in [1.54, 1.807) is 32.2 Å². The van der Waals surface area contributed by atoms with Gasteiger partial charge in [-0.2, -0.15) is 0 Å². The Morgan fingerprint density at radius 2 is 1.81 bits per heavy atom. The fourth-order valence-electron chi connectivity index (χ4n) is 2.20. The Hall–Kier alpha value is -1.85. The lowest BCUT2D eigenvalue weighted by atomic mass is 10.2. The molecule has 2 rings (SSSR count). The second kappa shape index (κ2) is 6.28. The van der Waals surface area contributed by atoms with Crippen LogP contribution >= 0.6 is 0 Å². The molecule has 0 fully saturated rings. The van der Waals surface area contributed by atoms with Crippen LogP contribution in [-0.4, -0.2) is 15.5 Å². The summed E-state index contributed by atoms with van der Waals surface area (Å²) in [4.78, 5) is 0.308. The van der Waals surface area contributed by atoms with Crippen LogP contribution in [0.2, 0.25) is 0 Å². The number of hydrogen-bond donors (Lipinski definition) is 1. The first kappa shape index (κ1) is 15.5. The van der Waals surface area contributed by atoms with Crippen molar-refractivity contribution in [3.63, 3.8) is 0 Å². The van der Waals surface area contributed by atoms with Crippen LogP contribution < -0.4 is 9.46 Å². The van der Waals surface area contributed by atoms with Crippen LogP contribution in [0.25, 0.3) is 0 Å². The van der Waals surface area contributed by atoms with Gasteiger partial charge in [-0.15, -0.1) is 0 Å². The van der Waals surface area contributed by atoms with Crippen molar-refractivity contribution in [3.05, 3.63) is 59.2 Å². The van der Waals surface area contributed by atoms with Gasteiger partial charge in [0.05, 0.1) is 12.0 Å². The number of nitrogens with one attached hydrogen (secondary N) is 1. The largest absolute Gasteiger partial charge is 0.496 e. The van der Waals surface area contributed by atoms with Gasteiger partial charge in [-0.3, -0.25) is 0 Å². The van der Waals surface area contributed by atoms with Crippen molar-refractivity contribution in [2.75, 3.05) is 7.11 Å². The third-order valence-electron chi connectivity index (χ3n) is 3.27. The van der Waals surface area contributed by atoms with Crippen LogP contribution in [0.4, 0.5) is 0 Å². The van der Waals surface area contributed by atoms with E-state index in [4.69, 9.17) is 4.74 Å². The third kappa shape index (κ3) is 3.62. The first-order chi connectivity index (χ1) is 9.94. The van der Waals surface area contributed by atoms with Gasteiger partial charge in [0.2, 0.25) is 10.0 Å². The molecule has 0 amide bonds. The minimum absolute atomic E-state index is 0.194. The third-order valence-corrected chi connectivity index (χ3v) is 4.83. The molecule has 5 heteroatoms. The predicted molar refractivity (Wildman–Crippen MR) is 82.9 cm³/mol. The van der Waals surface area contributed by atoms with Gasteiger partial charge in [0.25, 0.3) is 0 Å². The Bertz CT molecular complexity index is 739. The Labute approximate surface area is 125 Å². The highest BCUT2D eigenvalue weighted by atomic mass is 32.2. The van der Waals surface area contributed by atoms with Gasteiger partial charge in [0.1, 0.15) is 5.75 Å². The minimum atomic E-state index is -3.54.